The van der Waals surface area contributed by atoms with E-state index in [2.05, 4.69) is 40.2 Å². The molecule has 1 unspecified atom stereocenters. The Bertz CT molecular complexity index is 346. The van der Waals surface area contributed by atoms with E-state index in [4.69, 9.17) is 4.74 Å². The van der Waals surface area contributed by atoms with Crippen LogP contribution < -0.4 is 5.32 Å². The maximum absolute atomic E-state index is 5.52. The summed E-state index contributed by atoms with van der Waals surface area (Å²) in [6.45, 7) is 7.28. The summed E-state index contributed by atoms with van der Waals surface area (Å²) < 4.78 is 5.83. The van der Waals surface area contributed by atoms with Crippen molar-refractivity contribution < 1.29 is 4.74 Å². The first-order valence-corrected chi connectivity index (χ1v) is 10.2. The second-order valence-corrected chi connectivity index (χ2v) is 8.43. The Labute approximate surface area is 137 Å². The van der Waals surface area contributed by atoms with E-state index in [0.717, 1.165) is 56.9 Å². The molecule has 0 aromatic heterocycles. The number of thioether (sulfide) groups is 2. The van der Waals surface area contributed by atoms with Crippen molar-refractivity contribution in [1.82, 2.24) is 10.2 Å². The van der Waals surface area contributed by atoms with E-state index in [1.54, 1.807) is 0 Å². The summed E-state index contributed by atoms with van der Waals surface area (Å²) in [5, 5.41) is 4.38. The van der Waals surface area contributed by atoms with Crippen LogP contribution in [0.3, 0.4) is 0 Å². The van der Waals surface area contributed by atoms with Crippen molar-refractivity contribution in [2.45, 2.75) is 36.2 Å². The number of rotatable bonds is 4. The molecule has 2 heterocycles. The highest BCUT2D eigenvalue weighted by Crippen LogP contribution is 2.33. The van der Waals surface area contributed by atoms with Crippen LogP contribution in [0.25, 0.3) is 0 Å². The third kappa shape index (κ3) is 4.70. The van der Waals surface area contributed by atoms with Crippen LogP contribution in [-0.2, 0) is 4.74 Å². The van der Waals surface area contributed by atoms with Gasteiger partial charge in [0.1, 0.15) is 0 Å². The van der Waals surface area contributed by atoms with Gasteiger partial charge in [0, 0.05) is 55.6 Å². The quantitative estimate of drug-likeness (QED) is 0.632. The van der Waals surface area contributed by atoms with E-state index in [9.17, 15) is 0 Å². The SMILES string of the molecule is CCC1CN(C(=NC)NCC2(SC)CCOCC2)CCS1. The lowest BCUT2D eigenvalue weighted by Crippen LogP contribution is -2.52. The van der Waals surface area contributed by atoms with E-state index in [1.165, 1.54) is 12.2 Å². The van der Waals surface area contributed by atoms with Crippen molar-refractivity contribution in [3.63, 3.8) is 0 Å². The Balaban J connectivity index is 1.89. The van der Waals surface area contributed by atoms with Gasteiger partial charge in [-0.25, -0.2) is 0 Å². The maximum atomic E-state index is 5.52. The Hall–Kier alpha value is -0.0700. The molecule has 2 saturated heterocycles. The summed E-state index contributed by atoms with van der Waals surface area (Å²) in [4.78, 5) is 6.94. The van der Waals surface area contributed by atoms with Gasteiger partial charge in [0.15, 0.2) is 5.96 Å². The second kappa shape index (κ2) is 8.53. The fourth-order valence-corrected chi connectivity index (χ4v) is 4.90. The lowest BCUT2D eigenvalue weighted by Gasteiger charge is -2.39. The monoisotopic (exact) mass is 331 g/mol. The van der Waals surface area contributed by atoms with Crippen molar-refractivity contribution in [1.29, 1.82) is 0 Å². The van der Waals surface area contributed by atoms with Crippen LogP contribution in [0.5, 0.6) is 0 Å². The van der Waals surface area contributed by atoms with E-state index >= 15 is 0 Å². The highest BCUT2D eigenvalue weighted by atomic mass is 32.2. The molecular formula is C15H29N3OS2. The Morgan fingerprint density at radius 2 is 2.24 bits per heavy atom. The number of hydrogen-bond acceptors (Lipinski definition) is 4. The van der Waals surface area contributed by atoms with Gasteiger partial charge in [0.25, 0.3) is 0 Å². The van der Waals surface area contributed by atoms with Crippen LogP contribution in [0.2, 0.25) is 0 Å². The minimum Gasteiger partial charge on any atom is -0.381 e. The molecule has 0 aromatic carbocycles. The molecule has 0 saturated carbocycles. The minimum atomic E-state index is 0.308. The largest absolute Gasteiger partial charge is 0.381 e. The molecule has 4 nitrogen and oxygen atoms in total. The van der Waals surface area contributed by atoms with E-state index in [1.807, 2.05) is 18.8 Å². The molecule has 2 fully saturated rings. The molecule has 1 atom stereocenters. The lowest BCUT2D eigenvalue weighted by molar-refractivity contribution is 0.0781. The van der Waals surface area contributed by atoms with Crippen molar-refractivity contribution >= 4 is 29.5 Å². The van der Waals surface area contributed by atoms with Crippen molar-refractivity contribution in [3.05, 3.63) is 0 Å². The molecule has 0 bridgehead atoms. The number of hydrogen-bond donors (Lipinski definition) is 1. The van der Waals surface area contributed by atoms with E-state index in [-0.39, 0.29) is 0 Å². The number of ether oxygens (including phenoxy) is 1. The summed E-state index contributed by atoms with van der Waals surface area (Å²) in [5.41, 5.74) is 0. The topological polar surface area (TPSA) is 36.9 Å². The van der Waals surface area contributed by atoms with Gasteiger partial charge >= 0.3 is 0 Å². The van der Waals surface area contributed by atoms with Gasteiger partial charge in [-0.3, -0.25) is 4.99 Å². The average molecular weight is 332 g/mol. The zero-order valence-corrected chi connectivity index (χ0v) is 15.2. The summed E-state index contributed by atoms with van der Waals surface area (Å²) >= 11 is 4.08. The van der Waals surface area contributed by atoms with Crippen LogP contribution >= 0.6 is 23.5 Å². The predicted octanol–water partition coefficient (Wildman–Crippen LogP) is 2.30. The highest BCUT2D eigenvalue weighted by molar-refractivity contribution is 8.00. The van der Waals surface area contributed by atoms with Gasteiger partial charge in [-0.15, -0.1) is 0 Å². The highest BCUT2D eigenvalue weighted by Gasteiger charge is 2.32. The maximum Gasteiger partial charge on any atom is 0.193 e. The van der Waals surface area contributed by atoms with Crippen LogP contribution in [0.15, 0.2) is 4.99 Å². The van der Waals surface area contributed by atoms with Crippen molar-refractivity contribution in [2.24, 2.45) is 4.99 Å². The van der Waals surface area contributed by atoms with Crippen molar-refractivity contribution in [3.8, 4) is 0 Å². The van der Waals surface area contributed by atoms with Gasteiger partial charge in [-0.2, -0.15) is 23.5 Å². The van der Waals surface area contributed by atoms with Gasteiger partial charge in [0.05, 0.1) is 0 Å². The zero-order valence-electron chi connectivity index (χ0n) is 13.6. The minimum absolute atomic E-state index is 0.308. The number of nitrogens with zero attached hydrogens (tertiary/aromatic N) is 2. The Kier molecular flexibility index (Phi) is 7.02. The normalized spacial score (nSPS) is 26.7. The molecule has 0 aliphatic carbocycles. The first-order chi connectivity index (χ1) is 10.2. The summed E-state index contributed by atoms with van der Waals surface area (Å²) in [6.07, 6.45) is 5.72. The van der Waals surface area contributed by atoms with E-state index in [0.29, 0.717) is 4.75 Å². The Morgan fingerprint density at radius 3 is 2.86 bits per heavy atom. The molecule has 2 aliphatic rings. The standard InChI is InChI=1S/C15H29N3OS2/c1-4-13-11-18(7-10-21-13)14(16-2)17-12-15(20-3)5-8-19-9-6-15/h13H,4-12H2,1-3H3,(H,16,17). The summed E-state index contributed by atoms with van der Waals surface area (Å²) in [7, 11) is 1.90. The Morgan fingerprint density at radius 1 is 1.48 bits per heavy atom. The van der Waals surface area contributed by atoms with Crippen LogP contribution in [0.1, 0.15) is 26.2 Å². The number of aliphatic imine (C=N–C) groups is 1. The molecule has 21 heavy (non-hydrogen) atoms. The van der Waals surface area contributed by atoms with Gasteiger partial charge in [0.2, 0.25) is 0 Å². The fourth-order valence-electron chi connectivity index (χ4n) is 2.93. The molecule has 122 valence electrons. The smallest absolute Gasteiger partial charge is 0.193 e. The molecule has 0 spiro atoms. The van der Waals surface area contributed by atoms with E-state index < -0.39 is 0 Å². The first kappa shape index (κ1) is 17.3. The summed E-state index contributed by atoms with van der Waals surface area (Å²) in [6, 6.07) is 0. The molecule has 2 aliphatic heterocycles. The van der Waals surface area contributed by atoms with Crippen LogP contribution in [0, 0.1) is 0 Å². The fraction of sp³-hybridized carbons (Fsp3) is 0.933. The second-order valence-electron chi connectivity index (χ2n) is 5.75. The zero-order chi connectivity index (χ0) is 15.1. The van der Waals surface area contributed by atoms with Crippen LogP contribution in [-0.4, -0.2) is 72.8 Å². The van der Waals surface area contributed by atoms with Gasteiger partial charge in [-0.1, -0.05) is 6.92 Å². The molecule has 0 radical (unpaired) electrons. The average Bonchev–Trinajstić information content (AvgIpc) is 2.56. The molecule has 2 rings (SSSR count). The molecule has 1 N–H and O–H groups in total. The third-order valence-corrected chi connectivity index (χ3v) is 7.30. The van der Waals surface area contributed by atoms with Gasteiger partial charge in [-0.05, 0) is 25.5 Å². The van der Waals surface area contributed by atoms with Crippen molar-refractivity contribution in [2.75, 3.05) is 51.9 Å². The van der Waals surface area contributed by atoms with Gasteiger partial charge < -0.3 is 15.0 Å². The summed E-state index contributed by atoms with van der Waals surface area (Å²) in [5.74, 6) is 2.29. The lowest BCUT2D eigenvalue weighted by atomic mass is 9.99. The molecular weight excluding hydrogens is 302 g/mol. The number of nitrogens with one attached hydrogen (secondary N) is 1. The first-order valence-electron chi connectivity index (χ1n) is 7.93. The third-order valence-electron chi connectivity index (χ3n) is 4.51. The predicted molar refractivity (Wildman–Crippen MR) is 95.8 cm³/mol. The number of guanidine groups is 1. The molecule has 6 heteroatoms. The molecule has 0 aromatic rings. The molecule has 0 amide bonds. The van der Waals surface area contributed by atoms with Crippen LogP contribution in [0.4, 0.5) is 0 Å².